The molecule has 1 N–H and O–H groups in total. The number of halogens is 1. The smallest absolute Gasteiger partial charge is 0.236 e. The van der Waals surface area contributed by atoms with Crippen LogP contribution in [0.2, 0.25) is 5.02 Å². The molecule has 192 valence electrons. The van der Waals surface area contributed by atoms with Crippen LogP contribution in [0.25, 0.3) is 22.5 Å². The van der Waals surface area contributed by atoms with Crippen molar-refractivity contribution >= 4 is 34.4 Å². The maximum absolute atomic E-state index is 13.9. The average Bonchev–Trinajstić information content (AvgIpc) is 3.65. The van der Waals surface area contributed by atoms with Crippen LogP contribution < -0.4 is 5.32 Å². The lowest BCUT2D eigenvalue weighted by atomic mass is 9.78. The van der Waals surface area contributed by atoms with Crippen LogP contribution in [0.15, 0.2) is 61.1 Å². The Bertz CT molecular complexity index is 1660. The number of aryl methyl sites for hydroxylation is 3. The number of nitrogens with one attached hydrogen (secondary N) is 1. The van der Waals surface area contributed by atoms with Gasteiger partial charge in [-0.25, -0.2) is 14.6 Å². The highest BCUT2D eigenvalue weighted by molar-refractivity contribution is 6.30. The first-order valence-electron chi connectivity index (χ1n) is 12.8. The molecule has 0 atom stereocenters. The summed E-state index contributed by atoms with van der Waals surface area (Å²) >= 11 is 6.14. The first-order valence-corrected chi connectivity index (χ1v) is 13.1. The molecular formula is C29H28ClN7O. The molecule has 0 saturated heterocycles. The van der Waals surface area contributed by atoms with E-state index in [4.69, 9.17) is 11.6 Å². The van der Waals surface area contributed by atoms with Gasteiger partial charge in [-0.15, -0.1) is 0 Å². The molecule has 5 aromatic rings. The zero-order chi connectivity index (χ0) is 26.4. The van der Waals surface area contributed by atoms with E-state index in [1.807, 2.05) is 43.3 Å². The van der Waals surface area contributed by atoms with Crippen molar-refractivity contribution < 1.29 is 4.79 Å². The van der Waals surface area contributed by atoms with E-state index in [-0.39, 0.29) is 5.91 Å². The predicted molar refractivity (Wildman–Crippen MR) is 148 cm³/mol. The average molecular weight is 526 g/mol. The highest BCUT2D eigenvalue weighted by Gasteiger charge is 2.43. The molecule has 8 nitrogen and oxygen atoms in total. The summed E-state index contributed by atoms with van der Waals surface area (Å²) in [6, 6.07) is 15.7. The molecular weight excluding hydrogens is 498 g/mol. The van der Waals surface area contributed by atoms with Gasteiger partial charge in [0.25, 0.3) is 0 Å². The maximum atomic E-state index is 13.9. The molecule has 1 amide bonds. The number of anilines is 1. The van der Waals surface area contributed by atoms with Crippen molar-refractivity contribution in [1.29, 1.82) is 0 Å². The molecule has 0 unspecified atom stereocenters. The monoisotopic (exact) mass is 525 g/mol. The quantitative estimate of drug-likeness (QED) is 0.302. The summed E-state index contributed by atoms with van der Waals surface area (Å²) in [5.41, 5.74) is 5.12. The van der Waals surface area contributed by atoms with Gasteiger partial charge in [0.05, 0.1) is 28.4 Å². The standard InChI is InChI=1S/C29H28ClN7O/c1-18-6-11-23(14-19(18)2)36-26-24(16-33-36)27(32-17-31-26)37-25(15-20(3)35-37)34-28(38)29(12-4-5-13-29)21-7-9-22(30)10-8-21/h6-11,14-17H,4-5,12-13H2,1-3H3,(H,34,38). The Balaban J connectivity index is 1.39. The summed E-state index contributed by atoms with van der Waals surface area (Å²) in [6.45, 7) is 6.06. The van der Waals surface area contributed by atoms with Crippen LogP contribution in [-0.4, -0.2) is 35.4 Å². The van der Waals surface area contributed by atoms with Crippen molar-refractivity contribution in [2.45, 2.75) is 51.9 Å². The molecule has 1 aliphatic rings. The third kappa shape index (κ3) is 4.05. The van der Waals surface area contributed by atoms with E-state index in [9.17, 15) is 4.79 Å². The van der Waals surface area contributed by atoms with Crippen LogP contribution >= 0.6 is 11.6 Å². The number of rotatable bonds is 5. The Morgan fingerprint density at radius 3 is 2.45 bits per heavy atom. The fourth-order valence-electron chi connectivity index (χ4n) is 5.43. The molecule has 6 rings (SSSR count). The Morgan fingerprint density at radius 2 is 1.71 bits per heavy atom. The van der Waals surface area contributed by atoms with Crippen LogP contribution in [0.3, 0.4) is 0 Å². The summed E-state index contributed by atoms with van der Waals surface area (Å²) < 4.78 is 3.48. The minimum Gasteiger partial charge on any atom is -0.310 e. The third-order valence-corrected chi connectivity index (χ3v) is 7.89. The largest absolute Gasteiger partial charge is 0.310 e. The molecule has 0 bridgehead atoms. The fraction of sp³-hybridized carbons (Fsp3) is 0.276. The number of aromatic nitrogens is 6. The van der Waals surface area contributed by atoms with Crippen molar-refractivity contribution in [2.75, 3.05) is 5.32 Å². The molecule has 1 fully saturated rings. The molecule has 3 heterocycles. The topological polar surface area (TPSA) is 90.5 Å². The van der Waals surface area contributed by atoms with E-state index in [1.165, 1.54) is 17.5 Å². The Morgan fingerprint density at radius 1 is 0.947 bits per heavy atom. The van der Waals surface area contributed by atoms with E-state index in [0.717, 1.165) is 48.0 Å². The van der Waals surface area contributed by atoms with Gasteiger partial charge in [-0.2, -0.15) is 14.9 Å². The molecule has 0 spiro atoms. The summed E-state index contributed by atoms with van der Waals surface area (Å²) in [7, 11) is 0. The molecule has 0 aliphatic heterocycles. The zero-order valence-corrected chi connectivity index (χ0v) is 22.3. The molecule has 9 heteroatoms. The molecule has 0 radical (unpaired) electrons. The van der Waals surface area contributed by atoms with Gasteiger partial charge in [-0.1, -0.05) is 42.6 Å². The molecule has 1 saturated carbocycles. The van der Waals surface area contributed by atoms with Crippen LogP contribution in [0.1, 0.15) is 48.1 Å². The Hall–Kier alpha value is -4.04. The SMILES string of the molecule is Cc1cc(NC(=O)C2(c3ccc(Cl)cc3)CCCC2)n(-c2ncnc3c2cnn3-c2ccc(C)c(C)c2)n1. The van der Waals surface area contributed by atoms with Crippen molar-refractivity contribution in [3.8, 4) is 11.5 Å². The van der Waals surface area contributed by atoms with Gasteiger partial charge in [-0.3, -0.25) is 4.79 Å². The number of fused-ring (bicyclic) bond motifs is 1. The van der Waals surface area contributed by atoms with Crippen LogP contribution in [0.5, 0.6) is 0 Å². The van der Waals surface area contributed by atoms with Crippen molar-refractivity contribution in [1.82, 2.24) is 29.5 Å². The first kappa shape index (κ1) is 24.3. The second-order valence-electron chi connectivity index (χ2n) is 10.1. The normalized spacial score (nSPS) is 14.7. The van der Waals surface area contributed by atoms with Crippen molar-refractivity contribution in [3.63, 3.8) is 0 Å². The number of amides is 1. The minimum absolute atomic E-state index is 0.0467. The second kappa shape index (κ2) is 9.36. The first-order chi connectivity index (χ1) is 18.4. The zero-order valence-electron chi connectivity index (χ0n) is 21.6. The summed E-state index contributed by atoms with van der Waals surface area (Å²) in [5.74, 6) is 1.07. The predicted octanol–water partition coefficient (Wildman–Crippen LogP) is 6.03. The van der Waals surface area contributed by atoms with E-state index in [0.29, 0.717) is 22.3 Å². The second-order valence-corrected chi connectivity index (χ2v) is 10.5. The molecule has 38 heavy (non-hydrogen) atoms. The van der Waals surface area contributed by atoms with Crippen LogP contribution in [0, 0.1) is 20.8 Å². The van der Waals surface area contributed by atoms with E-state index >= 15 is 0 Å². The van der Waals surface area contributed by atoms with Gasteiger partial charge in [0.1, 0.15) is 12.1 Å². The number of hydrogen-bond acceptors (Lipinski definition) is 5. The molecule has 3 aromatic heterocycles. The lowest BCUT2D eigenvalue weighted by molar-refractivity contribution is -0.121. The highest BCUT2D eigenvalue weighted by atomic mass is 35.5. The number of nitrogens with zero attached hydrogens (tertiary/aromatic N) is 6. The summed E-state index contributed by atoms with van der Waals surface area (Å²) in [5, 5.41) is 13.9. The van der Waals surface area contributed by atoms with Gasteiger partial charge in [0, 0.05) is 11.1 Å². The van der Waals surface area contributed by atoms with Gasteiger partial charge in [-0.05, 0) is 74.6 Å². The van der Waals surface area contributed by atoms with E-state index in [1.54, 1.807) is 15.6 Å². The van der Waals surface area contributed by atoms with Gasteiger partial charge < -0.3 is 5.32 Å². The number of carbonyl (C=O) groups excluding carboxylic acids is 1. The maximum Gasteiger partial charge on any atom is 0.236 e. The van der Waals surface area contributed by atoms with E-state index < -0.39 is 5.41 Å². The summed E-state index contributed by atoms with van der Waals surface area (Å²) in [4.78, 5) is 23.0. The van der Waals surface area contributed by atoms with Crippen LogP contribution in [0.4, 0.5) is 5.82 Å². The molecule has 2 aromatic carbocycles. The lowest BCUT2D eigenvalue weighted by Crippen LogP contribution is -2.38. The van der Waals surface area contributed by atoms with Crippen LogP contribution in [-0.2, 0) is 10.2 Å². The third-order valence-electron chi connectivity index (χ3n) is 7.64. The number of hydrogen-bond donors (Lipinski definition) is 1. The minimum atomic E-state index is -0.608. The van der Waals surface area contributed by atoms with Gasteiger partial charge in [0.2, 0.25) is 5.91 Å². The van der Waals surface area contributed by atoms with Gasteiger partial charge >= 0.3 is 0 Å². The Kier molecular flexibility index (Phi) is 5.99. The van der Waals surface area contributed by atoms with Crippen molar-refractivity contribution in [2.24, 2.45) is 0 Å². The summed E-state index contributed by atoms with van der Waals surface area (Å²) in [6.07, 6.45) is 6.82. The lowest BCUT2D eigenvalue weighted by Gasteiger charge is -2.28. The van der Waals surface area contributed by atoms with Crippen molar-refractivity contribution in [3.05, 3.63) is 88.5 Å². The number of carbonyl (C=O) groups is 1. The highest BCUT2D eigenvalue weighted by Crippen LogP contribution is 2.42. The molecule has 1 aliphatic carbocycles. The fourth-order valence-corrected chi connectivity index (χ4v) is 5.55. The van der Waals surface area contributed by atoms with Gasteiger partial charge in [0.15, 0.2) is 11.5 Å². The Labute approximate surface area is 225 Å². The van der Waals surface area contributed by atoms with E-state index in [2.05, 4.69) is 51.5 Å². The number of benzene rings is 2.